The number of ether oxygens (including phenoxy) is 1. The van der Waals surface area contributed by atoms with Crippen LogP contribution in [0.2, 0.25) is 0 Å². The van der Waals surface area contributed by atoms with E-state index in [0.29, 0.717) is 13.2 Å². The largest absolute Gasteiger partial charge is 0.446 e. The zero-order chi connectivity index (χ0) is 16.9. The van der Waals surface area contributed by atoms with Gasteiger partial charge >= 0.3 is 5.51 Å². The predicted molar refractivity (Wildman–Crippen MR) is 82.0 cm³/mol. The second kappa shape index (κ2) is 7.75. The molecule has 0 aliphatic carbocycles. The number of rotatable bonds is 4. The number of terminal acetylenes is 1. The van der Waals surface area contributed by atoms with Crippen molar-refractivity contribution in [2.24, 2.45) is 5.92 Å². The van der Waals surface area contributed by atoms with E-state index >= 15 is 0 Å². The molecule has 1 N–H and O–H groups in total. The first-order valence-electron chi connectivity index (χ1n) is 7.09. The molecule has 0 aromatic heterocycles. The molecule has 0 bridgehead atoms. The number of carbonyl (C=O) groups excluding carboxylic acids is 1. The highest BCUT2D eigenvalue weighted by molar-refractivity contribution is 8.00. The Morgan fingerprint density at radius 2 is 2.09 bits per heavy atom. The molecule has 1 atom stereocenters. The molecule has 0 spiro atoms. The summed E-state index contributed by atoms with van der Waals surface area (Å²) in [7, 11) is 0. The van der Waals surface area contributed by atoms with Crippen LogP contribution in [0, 0.1) is 18.3 Å². The first-order chi connectivity index (χ1) is 10.9. The summed E-state index contributed by atoms with van der Waals surface area (Å²) >= 11 is -0.252. The monoisotopic (exact) mass is 343 g/mol. The molecule has 1 aromatic rings. The van der Waals surface area contributed by atoms with Gasteiger partial charge in [-0.05, 0) is 48.7 Å². The lowest BCUT2D eigenvalue weighted by Crippen LogP contribution is -2.41. The Hall–Kier alpha value is -1.65. The van der Waals surface area contributed by atoms with Gasteiger partial charge < -0.3 is 10.1 Å². The van der Waals surface area contributed by atoms with Crippen molar-refractivity contribution in [3.8, 4) is 12.3 Å². The van der Waals surface area contributed by atoms with Gasteiger partial charge in [0.2, 0.25) is 0 Å². The number of amides is 1. The Morgan fingerprint density at radius 1 is 1.39 bits per heavy atom. The second-order valence-electron chi connectivity index (χ2n) is 5.14. The van der Waals surface area contributed by atoms with Crippen molar-refractivity contribution in [1.82, 2.24) is 5.32 Å². The van der Waals surface area contributed by atoms with Gasteiger partial charge in [0.05, 0.1) is 6.04 Å². The van der Waals surface area contributed by atoms with E-state index in [1.807, 2.05) is 0 Å². The van der Waals surface area contributed by atoms with Crippen LogP contribution < -0.4 is 5.32 Å². The molecule has 3 nitrogen and oxygen atoms in total. The minimum absolute atomic E-state index is 0.0338. The highest BCUT2D eigenvalue weighted by Crippen LogP contribution is 2.36. The van der Waals surface area contributed by atoms with Gasteiger partial charge in [-0.25, -0.2) is 0 Å². The normalized spacial score (nSPS) is 17.3. The zero-order valence-corrected chi connectivity index (χ0v) is 13.0. The third-order valence-electron chi connectivity index (χ3n) is 3.53. The van der Waals surface area contributed by atoms with Gasteiger partial charge in [-0.15, -0.1) is 6.42 Å². The standard InChI is InChI=1S/C16H16F3NO2S/c1-2-14(11-6-8-22-9-7-11)20-15(21)12-4-3-5-13(10-12)23-16(17,18)19/h1,3-5,10-11,14H,6-9H2,(H,20,21)/t14-/m0/s1. The number of benzene rings is 1. The molecule has 1 aliphatic heterocycles. The minimum atomic E-state index is -4.39. The van der Waals surface area contributed by atoms with E-state index in [4.69, 9.17) is 11.2 Å². The molecule has 0 radical (unpaired) electrons. The molecule has 1 heterocycles. The van der Waals surface area contributed by atoms with Crippen LogP contribution >= 0.6 is 11.8 Å². The Bertz CT molecular complexity index is 592. The Kier molecular flexibility index (Phi) is 5.97. The van der Waals surface area contributed by atoms with Gasteiger partial charge in [0.25, 0.3) is 5.91 Å². The quantitative estimate of drug-likeness (QED) is 0.672. The first kappa shape index (κ1) is 17.7. The van der Waals surface area contributed by atoms with Crippen LogP contribution in [0.25, 0.3) is 0 Å². The molecule has 1 saturated heterocycles. The average Bonchev–Trinajstić information content (AvgIpc) is 2.52. The van der Waals surface area contributed by atoms with Crippen molar-refractivity contribution in [1.29, 1.82) is 0 Å². The predicted octanol–water partition coefficient (Wildman–Crippen LogP) is 3.46. The topological polar surface area (TPSA) is 38.3 Å². The number of nitrogens with one attached hydrogen (secondary N) is 1. The van der Waals surface area contributed by atoms with E-state index in [1.165, 1.54) is 24.3 Å². The number of hydrogen-bond donors (Lipinski definition) is 1. The van der Waals surface area contributed by atoms with Crippen molar-refractivity contribution in [2.45, 2.75) is 29.3 Å². The highest BCUT2D eigenvalue weighted by atomic mass is 32.2. The lowest BCUT2D eigenvalue weighted by atomic mass is 9.92. The number of halogens is 3. The Labute approximate surface area is 137 Å². The number of alkyl halides is 3. The van der Waals surface area contributed by atoms with Crippen molar-refractivity contribution >= 4 is 17.7 Å². The van der Waals surface area contributed by atoms with Crippen LogP contribution in [0.4, 0.5) is 13.2 Å². The van der Waals surface area contributed by atoms with E-state index < -0.39 is 17.5 Å². The summed E-state index contributed by atoms with van der Waals surface area (Å²) in [5.74, 6) is 2.20. The molecule has 1 amide bonds. The van der Waals surface area contributed by atoms with Gasteiger partial charge in [-0.2, -0.15) is 13.2 Å². The number of hydrogen-bond acceptors (Lipinski definition) is 3. The SMILES string of the molecule is C#C[C@H](NC(=O)c1cccc(SC(F)(F)F)c1)C1CCOCC1. The summed E-state index contributed by atoms with van der Waals surface area (Å²) in [6.45, 7) is 1.19. The third kappa shape index (κ3) is 5.48. The molecule has 0 unspecified atom stereocenters. The summed E-state index contributed by atoms with van der Waals surface area (Å²) in [6, 6.07) is 4.96. The van der Waals surface area contributed by atoms with Crippen LogP contribution in [0.3, 0.4) is 0 Å². The molecule has 23 heavy (non-hydrogen) atoms. The molecule has 1 aromatic carbocycles. The highest BCUT2D eigenvalue weighted by Gasteiger charge is 2.29. The molecule has 1 aliphatic rings. The fourth-order valence-corrected chi connectivity index (χ4v) is 3.00. The van der Waals surface area contributed by atoms with Gasteiger partial charge in [-0.3, -0.25) is 4.79 Å². The lowest BCUT2D eigenvalue weighted by molar-refractivity contribution is -0.0328. The van der Waals surface area contributed by atoms with Crippen molar-refractivity contribution in [3.05, 3.63) is 29.8 Å². The van der Waals surface area contributed by atoms with Crippen LogP contribution in [-0.4, -0.2) is 30.7 Å². The average molecular weight is 343 g/mol. The van der Waals surface area contributed by atoms with Crippen LogP contribution in [0.15, 0.2) is 29.2 Å². The Morgan fingerprint density at radius 3 is 2.70 bits per heavy atom. The van der Waals surface area contributed by atoms with E-state index in [0.717, 1.165) is 12.8 Å². The number of thioether (sulfide) groups is 1. The summed E-state index contributed by atoms with van der Waals surface area (Å²) in [5.41, 5.74) is -4.23. The summed E-state index contributed by atoms with van der Waals surface area (Å²) in [4.78, 5) is 12.2. The zero-order valence-electron chi connectivity index (χ0n) is 12.2. The maximum atomic E-state index is 12.4. The fraction of sp³-hybridized carbons (Fsp3) is 0.438. The van der Waals surface area contributed by atoms with Crippen LogP contribution in [0.5, 0.6) is 0 Å². The summed E-state index contributed by atoms with van der Waals surface area (Å²) in [6.07, 6.45) is 6.98. The van der Waals surface area contributed by atoms with Crippen molar-refractivity contribution in [3.63, 3.8) is 0 Å². The maximum Gasteiger partial charge on any atom is 0.446 e. The number of carbonyl (C=O) groups is 1. The van der Waals surface area contributed by atoms with E-state index in [-0.39, 0.29) is 28.1 Å². The van der Waals surface area contributed by atoms with Gasteiger partial charge in [0, 0.05) is 23.7 Å². The lowest BCUT2D eigenvalue weighted by Gasteiger charge is -2.27. The van der Waals surface area contributed by atoms with Crippen LogP contribution in [0.1, 0.15) is 23.2 Å². The van der Waals surface area contributed by atoms with Crippen molar-refractivity contribution < 1.29 is 22.7 Å². The molecule has 1 fully saturated rings. The minimum Gasteiger partial charge on any atom is -0.381 e. The van der Waals surface area contributed by atoms with E-state index in [1.54, 1.807) is 0 Å². The van der Waals surface area contributed by atoms with Crippen molar-refractivity contribution in [2.75, 3.05) is 13.2 Å². The third-order valence-corrected chi connectivity index (χ3v) is 4.25. The van der Waals surface area contributed by atoms with Gasteiger partial charge in [-0.1, -0.05) is 12.0 Å². The molecule has 124 valence electrons. The summed E-state index contributed by atoms with van der Waals surface area (Å²) < 4.78 is 42.5. The molecule has 7 heteroatoms. The molecular weight excluding hydrogens is 327 g/mol. The molecule has 2 rings (SSSR count). The maximum absolute atomic E-state index is 12.4. The smallest absolute Gasteiger partial charge is 0.381 e. The van der Waals surface area contributed by atoms with E-state index in [2.05, 4.69) is 11.2 Å². The molecule has 0 saturated carbocycles. The van der Waals surface area contributed by atoms with Gasteiger partial charge in [0.15, 0.2) is 0 Å². The van der Waals surface area contributed by atoms with E-state index in [9.17, 15) is 18.0 Å². The fourth-order valence-electron chi connectivity index (χ4n) is 2.40. The summed E-state index contributed by atoms with van der Waals surface area (Å²) in [5, 5.41) is 2.72. The molecular formula is C16H16F3NO2S. The second-order valence-corrected chi connectivity index (χ2v) is 6.28. The Balaban J connectivity index is 2.04. The van der Waals surface area contributed by atoms with Gasteiger partial charge in [0.1, 0.15) is 0 Å². The first-order valence-corrected chi connectivity index (χ1v) is 7.91. The van der Waals surface area contributed by atoms with Crippen LogP contribution in [-0.2, 0) is 4.74 Å².